The number of ether oxygens (including phenoxy) is 5. The Bertz CT molecular complexity index is 3210. The van der Waals surface area contributed by atoms with Crippen LogP contribution in [0.25, 0.3) is 16.8 Å². The van der Waals surface area contributed by atoms with Gasteiger partial charge in [-0.25, -0.2) is 4.79 Å². The lowest BCUT2D eigenvalue weighted by atomic mass is 9.55. The van der Waals surface area contributed by atoms with Gasteiger partial charge in [-0.05, 0) is 119 Å². The fourth-order valence-electron chi connectivity index (χ4n) is 11.5. The molecule has 3 aliphatic rings. The zero-order chi connectivity index (χ0) is 55.3. The number of nitrogens with zero attached hydrogens (tertiary/aromatic N) is 3. The smallest absolute Gasteiger partial charge is 0.417 e. The van der Waals surface area contributed by atoms with Crippen LogP contribution in [0, 0.1) is 27.9 Å². The molecule has 1 aliphatic heterocycles. The van der Waals surface area contributed by atoms with Gasteiger partial charge in [-0.3, -0.25) is 20.2 Å². The molecule has 1 saturated carbocycles. The largest absolute Gasteiger partial charge is 0.497 e. The highest BCUT2D eigenvalue weighted by atomic mass is 16.7. The summed E-state index contributed by atoms with van der Waals surface area (Å²) in [5.74, 6) is -1.72. The summed E-state index contributed by atoms with van der Waals surface area (Å²) in [6, 6.07) is 39.1. The van der Waals surface area contributed by atoms with Crippen LogP contribution < -0.4 is 24.3 Å². The Labute approximate surface area is 459 Å². The maximum Gasteiger partial charge on any atom is 0.417 e. The SMILES string of the molecule is C=CCOC12Oc3ccc(OC(=O)Nc4ccc(OC)cc4OC)cc3C3C(CCCCO)C(CCCCO)C=C(C(=NOCc4ccccc4)CC1N(Cc1cccc4ccccc14)C(=O)C=Cc1ccc([N+](=O)[O-])cc1)C32. The van der Waals surface area contributed by atoms with Crippen LogP contribution >= 0.6 is 0 Å². The number of hydrogen-bond donors (Lipinski definition) is 3. The van der Waals surface area contributed by atoms with E-state index in [9.17, 15) is 25.1 Å². The molecule has 2 aliphatic carbocycles. The van der Waals surface area contributed by atoms with E-state index in [2.05, 4.69) is 18.0 Å². The van der Waals surface area contributed by atoms with E-state index in [1.54, 1.807) is 59.5 Å². The Morgan fingerprint density at radius 3 is 2.37 bits per heavy atom. The van der Waals surface area contributed by atoms with Gasteiger partial charge in [0.05, 0.1) is 43.1 Å². The fraction of sp³-hybridized carbons (Fsp3) is 0.317. The minimum Gasteiger partial charge on any atom is -0.497 e. The van der Waals surface area contributed by atoms with Gasteiger partial charge < -0.3 is 43.6 Å². The molecule has 79 heavy (non-hydrogen) atoms. The van der Waals surface area contributed by atoms with Crippen molar-refractivity contribution in [2.75, 3.05) is 39.4 Å². The molecular weight excluding hydrogens is 1000 g/mol. The molecule has 16 heteroatoms. The van der Waals surface area contributed by atoms with Crippen LogP contribution in [0.4, 0.5) is 16.2 Å². The first kappa shape index (κ1) is 55.4. The number of benzene rings is 6. The number of hydrogen-bond acceptors (Lipinski definition) is 13. The third-order valence-corrected chi connectivity index (χ3v) is 15.2. The molecule has 9 rings (SSSR count). The first-order valence-electron chi connectivity index (χ1n) is 26.7. The number of aliphatic hydroxyl groups excluding tert-OH is 2. The number of allylic oxidation sites excluding steroid dienone is 1. The molecule has 6 aromatic carbocycles. The molecule has 6 unspecified atom stereocenters. The Kier molecular flexibility index (Phi) is 18.2. The Hall–Kier alpha value is -8.31. The highest BCUT2D eigenvalue weighted by Gasteiger charge is 2.65. The lowest BCUT2D eigenvalue weighted by Crippen LogP contribution is -2.70. The number of nitro groups is 1. The number of aliphatic hydroxyl groups is 2. The van der Waals surface area contributed by atoms with Crippen molar-refractivity contribution < 1.29 is 53.2 Å². The molecule has 0 radical (unpaired) electrons. The molecule has 6 aromatic rings. The highest BCUT2D eigenvalue weighted by Crippen LogP contribution is 2.62. The van der Waals surface area contributed by atoms with Gasteiger partial charge in [0.2, 0.25) is 11.7 Å². The normalized spacial score (nSPS) is 20.5. The zero-order valence-electron chi connectivity index (χ0n) is 44.4. The molecule has 2 amide bonds. The molecule has 0 spiro atoms. The second-order valence-electron chi connectivity index (χ2n) is 19.9. The van der Waals surface area contributed by atoms with Gasteiger partial charge >= 0.3 is 6.09 Å². The number of anilines is 1. The van der Waals surface area contributed by atoms with Crippen LogP contribution in [-0.2, 0) is 27.5 Å². The van der Waals surface area contributed by atoms with Gasteiger partial charge in [0.15, 0.2) is 0 Å². The van der Waals surface area contributed by atoms with Crippen LogP contribution in [0.3, 0.4) is 0 Å². The molecule has 410 valence electrons. The van der Waals surface area contributed by atoms with Gasteiger partial charge in [-0.15, -0.1) is 6.58 Å². The summed E-state index contributed by atoms with van der Waals surface area (Å²) in [6.45, 7) is 4.42. The number of rotatable bonds is 24. The van der Waals surface area contributed by atoms with Gasteiger partial charge in [0, 0.05) is 61.9 Å². The Morgan fingerprint density at radius 1 is 0.873 bits per heavy atom. The summed E-state index contributed by atoms with van der Waals surface area (Å²) >= 11 is 0. The monoisotopic (exact) mass is 1070 g/mol. The molecule has 1 fully saturated rings. The van der Waals surface area contributed by atoms with E-state index < -0.39 is 34.7 Å². The van der Waals surface area contributed by atoms with Crippen LogP contribution in [0.15, 0.2) is 169 Å². The van der Waals surface area contributed by atoms with E-state index >= 15 is 4.79 Å². The number of fused-ring (bicyclic) bond motifs is 3. The summed E-state index contributed by atoms with van der Waals surface area (Å²) in [6.07, 6.45) is 10.4. The number of non-ortho nitro benzene ring substituents is 1. The summed E-state index contributed by atoms with van der Waals surface area (Å²) in [7, 11) is 3.03. The maximum absolute atomic E-state index is 15.6. The van der Waals surface area contributed by atoms with E-state index in [-0.39, 0.29) is 68.6 Å². The minimum atomic E-state index is -1.63. The number of methoxy groups -OCH3 is 2. The summed E-state index contributed by atoms with van der Waals surface area (Å²) in [4.78, 5) is 48.7. The zero-order valence-corrected chi connectivity index (χ0v) is 44.4. The lowest BCUT2D eigenvalue weighted by Gasteiger charge is -2.60. The van der Waals surface area contributed by atoms with E-state index in [0.717, 1.165) is 45.9 Å². The molecule has 3 N–H and O–H groups in total. The van der Waals surface area contributed by atoms with Crippen LogP contribution in [0.1, 0.15) is 73.1 Å². The van der Waals surface area contributed by atoms with Crippen molar-refractivity contribution >= 4 is 45.9 Å². The first-order chi connectivity index (χ1) is 38.6. The molecule has 6 atom stereocenters. The summed E-state index contributed by atoms with van der Waals surface area (Å²) < 4.78 is 31.8. The topological polar surface area (TPSA) is 201 Å². The molecule has 0 bridgehead atoms. The average molecular weight is 1070 g/mol. The van der Waals surface area contributed by atoms with Crippen molar-refractivity contribution in [1.82, 2.24) is 4.90 Å². The number of amides is 2. The van der Waals surface area contributed by atoms with Crippen molar-refractivity contribution in [1.29, 1.82) is 0 Å². The third kappa shape index (κ3) is 12.5. The second-order valence-corrected chi connectivity index (χ2v) is 19.9. The minimum absolute atomic E-state index is 0.00547. The van der Waals surface area contributed by atoms with Crippen molar-refractivity contribution in [3.63, 3.8) is 0 Å². The van der Waals surface area contributed by atoms with Crippen LogP contribution in [0.5, 0.6) is 23.0 Å². The van der Waals surface area contributed by atoms with Crippen molar-refractivity contribution in [2.45, 2.75) is 75.8 Å². The number of nitro benzene ring substituents is 1. The van der Waals surface area contributed by atoms with Gasteiger partial charge in [-0.2, -0.15) is 0 Å². The number of unbranched alkanes of at least 4 members (excludes halogenated alkanes) is 2. The van der Waals surface area contributed by atoms with E-state index in [0.29, 0.717) is 59.9 Å². The van der Waals surface area contributed by atoms with E-state index in [1.807, 2.05) is 78.9 Å². The number of carbonyl (C=O) groups is 2. The molecule has 1 heterocycles. The quantitative estimate of drug-likeness (QED) is 0.0170. The van der Waals surface area contributed by atoms with Crippen molar-refractivity contribution in [3.05, 3.63) is 196 Å². The predicted octanol–water partition coefficient (Wildman–Crippen LogP) is 12.0. The van der Waals surface area contributed by atoms with Crippen molar-refractivity contribution in [3.8, 4) is 23.0 Å². The number of oxime groups is 1. The predicted molar refractivity (Wildman–Crippen MR) is 302 cm³/mol. The Balaban J connectivity index is 1.24. The standard InChI is InChI=1S/C63H66N4O12/c1-4-35-76-63-58(66(40-46-20-14-19-44-17-8-9-21-50(44)46)59(70)32-25-42-23-26-47(27-24-42)67(72)73)39-55(65-77-41-43-15-6-5-7-16-43)52-36-45(18-10-12-33-68)51(22-11-13-34-69)60(61(52)63)53-37-49(29-31-56(53)79-63)78-62(71)64-54-30-28-48(74-2)38-57(54)75-3/h4-9,14-17,19-21,23-32,36-38,45,51,58,60-61,68-69H,1,10-13,18,22,33-35,39-41H2,2-3H3,(H,64,71). The van der Waals surface area contributed by atoms with Gasteiger partial charge in [-0.1, -0.05) is 103 Å². The second kappa shape index (κ2) is 25.9. The summed E-state index contributed by atoms with van der Waals surface area (Å²) in [5, 5.41) is 41.6. The molecular formula is C63H66N4O12. The van der Waals surface area contributed by atoms with Gasteiger partial charge in [0.1, 0.15) is 35.6 Å². The maximum atomic E-state index is 15.6. The van der Waals surface area contributed by atoms with Crippen molar-refractivity contribution in [2.24, 2.45) is 22.9 Å². The van der Waals surface area contributed by atoms with E-state index in [1.165, 1.54) is 32.4 Å². The van der Waals surface area contributed by atoms with Crippen LogP contribution in [-0.4, -0.2) is 83.6 Å². The highest BCUT2D eigenvalue weighted by molar-refractivity contribution is 6.03. The lowest BCUT2D eigenvalue weighted by molar-refractivity contribution is -0.384. The van der Waals surface area contributed by atoms with Gasteiger partial charge in [0.25, 0.3) is 5.69 Å². The third-order valence-electron chi connectivity index (χ3n) is 15.2. The molecule has 0 aromatic heterocycles. The average Bonchev–Trinajstić information content (AvgIpc) is 3.60. The van der Waals surface area contributed by atoms with Crippen LogP contribution in [0.2, 0.25) is 0 Å². The van der Waals surface area contributed by atoms with E-state index in [4.69, 9.17) is 33.7 Å². The Morgan fingerprint density at radius 2 is 1.62 bits per heavy atom. The fourth-order valence-corrected chi connectivity index (χ4v) is 11.5. The summed E-state index contributed by atoms with van der Waals surface area (Å²) in [5.41, 5.74) is 4.81. The number of nitrogens with one attached hydrogen (secondary N) is 1. The number of carbonyl (C=O) groups excluding carboxylic acids is 2. The molecule has 0 saturated heterocycles. The first-order valence-corrected chi connectivity index (χ1v) is 26.7. The molecule has 16 nitrogen and oxygen atoms in total.